The van der Waals surface area contributed by atoms with Crippen LogP contribution in [-0.4, -0.2) is 45.9 Å². The molecule has 4 rings (SSSR count). The minimum atomic E-state index is 0.460. The highest BCUT2D eigenvalue weighted by Gasteiger charge is 2.06. The first-order valence-electron chi connectivity index (χ1n) is 11.2. The lowest BCUT2D eigenvalue weighted by molar-refractivity contribution is 0.414. The number of nitrogens with one attached hydrogen (secondary N) is 3. The average molecular weight is 446 g/mol. The normalized spacial score (nSPS) is 11.7. The number of aryl methyl sites for hydroxylation is 1. The monoisotopic (exact) mass is 445 g/mol. The van der Waals surface area contributed by atoms with Gasteiger partial charge in [0, 0.05) is 37.8 Å². The van der Waals surface area contributed by atoms with Gasteiger partial charge in [-0.25, -0.2) is 4.99 Å². The molecule has 2 heterocycles. The summed E-state index contributed by atoms with van der Waals surface area (Å²) in [6.45, 7) is 3.93. The molecule has 0 unspecified atom stereocenters. The third kappa shape index (κ3) is 5.91. The van der Waals surface area contributed by atoms with Crippen molar-refractivity contribution in [3.63, 3.8) is 0 Å². The van der Waals surface area contributed by atoms with Crippen molar-refractivity contribution in [1.82, 2.24) is 30.4 Å². The molecule has 0 radical (unpaired) electrons. The van der Waals surface area contributed by atoms with Crippen LogP contribution in [0.3, 0.4) is 0 Å². The third-order valence-electron chi connectivity index (χ3n) is 5.70. The van der Waals surface area contributed by atoms with Crippen LogP contribution in [0.15, 0.2) is 59.6 Å². The summed E-state index contributed by atoms with van der Waals surface area (Å²) in [7, 11) is 3.64. The maximum absolute atomic E-state index is 5.24. The first kappa shape index (κ1) is 22.4. The standard InChI is InChI=1S/C25H31N7O/c1-18-30-31-24(32(18)2)17-28-25(26-14-12-19-8-10-22(33-3)11-9-19)27-15-13-21-16-20-6-4-5-7-23(20)29-21/h4-11,16,29H,12-15,17H2,1-3H3,(H2,26,27,28). The van der Waals surface area contributed by atoms with Gasteiger partial charge in [-0.3, -0.25) is 0 Å². The number of aromatic amines is 1. The van der Waals surface area contributed by atoms with Crippen LogP contribution in [0, 0.1) is 6.92 Å². The second-order valence-corrected chi connectivity index (χ2v) is 7.97. The van der Waals surface area contributed by atoms with Crippen LogP contribution in [0.5, 0.6) is 5.75 Å². The van der Waals surface area contributed by atoms with Crippen LogP contribution in [0.2, 0.25) is 0 Å². The molecular weight excluding hydrogens is 414 g/mol. The lowest BCUT2D eigenvalue weighted by atomic mass is 10.1. The Morgan fingerprint density at radius 1 is 1.03 bits per heavy atom. The number of rotatable bonds is 9. The highest BCUT2D eigenvalue weighted by atomic mass is 16.5. The van der Waals surface area contributed by atoms with E-state index in [1.807, 2.05) is 36.7 Å². The molecule has 4 aromatic rings. The van der Waals surface area contributed by atoms with E-state index in [1.165, 1.54) is 16.6 Å². The fraction of sp³-hybridized carbons (Fsp3) is 0.320. The number of aromatic nitrogens is 4. The summed E-state index contributed by atoms with van der Waals surface area (Å²) < 4.78 is 7.20. The molecule has 0 aliphatic heterocycles. The first-order chi connectivity index (χ1) is 16.1. The van der Waals surface area contributed by atoms with Gasteiger partial charge in [-0.1, -0.05) is 30.3 Å². The third-order valence-corrected chi connectivity index (χ3v) is 5.70. The number of para-hydroxylation sites is 1. The van der Waals surface area contributed by atoms with Crippen molar-refractivity contribution < 1.29 is 4.74 Å². The number of hydrogen-bond acceptors (Lipinski definition) is 4. The van der Waals surface area contributed by atoms with Crippen LogP contribution >= 0.6 is 0 Å². The lowest BCUT2D eigenvalue weighted by Crippen LogP contribution is -2.39. The minimum Gasteiger partial charge on any atom is -0.497 e. The van der Waals surface area contributed by atoms with Gasteiger partial charge < -0.3 is 24.9 Å². The fourth-order valence-electron chi connectivity index (χ4n) is 3.61. The molecule has 0 saturated heterocycles. The topological polar surface area (TPSA) is 92.2 Å². The quantitative estimate of drug-likeness (QED) is 0.272. The van der Waals surface area contributed by atoms with Gasteiger partial charge in [0.2, 0.25) is 0 Å². The number of aliphatic imine (C=N–C) groups is 1. The second-order valence-electron chi connectivity index (χ2n) is 7.97. The highest BCUT2D eigenvalue weighted by Crippen LogP contribution is 2.14. The summed E-state index contributed by atoms with van der Waals surface area (Å²) in [5.74, 6) is 3.34. The summed E-state index contributed by atoms with van der Waals surface area (Å²) in [5, 5.41) is 16.5. The van der Waals surface area contributed by atoms with Gasteiger partial charge in [-0.05, 0) is 48.6 Å². The maximum Gasteiger partial charge on any atom is 0.191 e. The van der Waals surface area contributed by atoms with Gasteiger partial charge in [0.15, 0.2) is 11.8 Å². The predicted octanol–water partition coefficient (Wildman–Crippen LogP) is 3.13. The molecule has 0 aliphatic carbocycles. The van der Waals surface area contributed by atoms with Gasteiger partial charge in [-0.2, -0.15) is 0 Å². The molecule has 0 fully saturated rings. The van der Waals surface area contributed by atoms with Crippen LogP contribution < -0.4 is 15.4 Å². The van der Waals surface area contributed by atoms with Gasteiger partial charge >= 0.3 is 0 Å². The molecule has 2 aromatic heterocycles. The van der Waals surface area contributed by atoms with E-state index in [9.17, 15) is 0 Å². The molecule has 0 saturated carbocycles. The fourth-order valence-corrected chi connectivity index (χ4v) is 3.61. The molecule has 0 bridgehead atoms. The molecule has 0 aliphatic rings. The Kier molecular flexibility index (Phi) is 7.24. The molecule has 8 heteroatoms. The van der Waals surface area contributed by atoms with Crippen LogP contribution in [0.1, 0.15) is 22.9 Å². The number of benzene rings is 2. The second kappa shape index (κ2) is 10.7. The van der Waals surface area contributed by atoms with Crippen molar-refractivity contribution in [3.8, 4) is 5.75 Å². The number of hydrogen-bond donors (Lipinski definition) is 3. The maximum atomic E-state index is 5.24. The molecule has 33 heavy (non-hydrogen) atoms. The highest BCUT2D eigenvalue weighted by molar-refractivity contribution is 5.81. The number of guanidine groups is 1. The Labute approximate surface area is 194 Å². The van der Waals surface area contributed by atoms with Crippen molar-refractivity contribution in [2.75, 3.05) is 20.2 Å². The van der Waals surface area contributed by atoms with E-state index < -0.39 is 0 Å². The Morgan fingerprint density at radius 3 is 2.48 bits per heavy atom. The van der Waals surface area contributed by atoms with E-state index in [1.54, 1.807) is 7.11 Å². The molecular formula is C25H31N7O. The number of nitrogens with zero attached hydrogens (tertiary/aromatic N) is 4. The molecule has 8 nitrogen and oxygen atoms in total. The number of ether oxygens (including phenoxy) is 1. The van der Waals surface area contributed by atoms with E-state index in [2.05, 4.69) is 62.2 Å². The Balaban J connectivity index is 1.36. The van der Waals surface area contributed by atoms with E-state index in [0.29, 0.717) is 6.54 Å². The zero-order valence-electron chi connectivity index (χ0n) is 19.4. The summed E-state index contributed by atoms with van der Waals surface area (Å²) in [6.07, 6.45) is 1.76. The van der Waals surface area contributed by atoms with Crippen LogP contribution in [0.4, 0.5) is 0 Å². The van der Waals surface area contributed by atoms with Crippen molar-refractivity contribution in [2.24, 2.45) is 12.0 Å². The largest absolute Gasteiger partial charge is 0.497 e. The van der Waals surface area contributed by atoms with Crippen LogP contribution in [0.25, 0.3) is 10.9 Å². The van der Waals surface area contributed by atoms with Crippen molar-refractivity contribution in [2.45, 2.75) is 26.3 Å². The van der Waals surface area contributed by atoms with E-state index in [0.717, 1.165) is 54.8 Å². The van der Waals surface area contributed by atoms with Crippen molar-refractivity contribution in [1.29, 1.82) is 0 Å². The lowest BCUT2D eigenvalue weighted by Gasteiger charge is -2.13. The Hall–Kier alpha value is -3.81. The van der Waals surface area contributed by atoms with Gasteiger partial charge in [0.05, 0.1) is 7.11 Å². The average Bonchev–Trinajstić information content (AvgIpc) is 3.40. The molecule has 3 N–H and O–H groups in total. The minimum absolute atomic E-state index is 0.460. The number of H-pyrrole nitrogens is 1. The SMILES string of the molecule is COc1ccc(CCNC(=NCc2nnc(C)n2C)NCCc2cc3ccccc3[nH]2)cc1. The molecule has 0 spiro atoms. The number of methoxy groups -OCH3 is 1. The summed E-state index contributed by atoms with van der Waals surface area (Å²) >= 11 is 0. The van der Waals surface area contributed by atoms with Gasteiger partial charge in [-0.15, -0.1) is 10.2 Å². The summed E-state index contributed by atoms with van der Waals surface area (Å²) in [4.78, 5) is 8.22. The smallest absolute Gasteiger partial charge is 0.191 e. The molecule has 172 valence electrons. The van der Waals surface area contributed by atoms with Crippen LogP contribution in [-0.2, 0) is 26.4 Å². The zero-order valence-corrected chi connectivity index (χ0v) is 19.4. The van der Waals surface area contributed by atoms with E-state index >= 15 is 0 Å². The number of fused-ring (bicyclic) bond motifs is 1. The van der Waals surface area contributed by atoms with Gasteiger partial charge in [0.1, 0.15) is 18.1 Å². The molecule has 2 aromatic carbocycles. The predicted molar refractivity (Wildman–Crippen MR) is 132 cm³/mol. The first-order valence-corrected chi connectivity index (χ1v) is 11.2. The van der Waals surface area contributed by atoms with Crippen molar-refractivity contribution in [3.05, 3.63) is 77.5 Å². The van der Waals surface area contributed by atoms with Crippen molar-refractivity contribution >= 4 is 16.9 Å². The zero-order chi connectivity index (χ0) is 23.0. The van der Waals surface area contributed by atoms with Gasteiger partial charge in [0.25, 0.3) is 0 Å². The molecule has 0 amide bonds. The Bertz CT molecular complexity index is 1170. The summed E-state index contributed by atoms with van der Waals surface area (Å²) in [6, 6.07) is 18.7. The van der Waals surface area contributed by atoms with E-state index in [4.69, 9.17) is 9.73 Å². The Morgan fingerprint density at radius 2 is 1.79 bits per heavy atom. The molecule has 0 atom stereocenters. The van der Waals surface area contributed by atoms with E-state index in [-0.39, 0.29) is 0 Å². The summed E-state index contributed by atoms with van der Waals surface area (Å²) in [5.41, 5.74) is 3.60.